The molecule has 0 bridgehead atoms. The maximum atomic E-state index is 12.6. The van der Waals surface area contributed by atoms with E-state index in [1.807, 2.05) is 0 Å². The van der Waals surface area contributed by atoms with Gasteiger partial charge >= 0.3 is 19.8 Å². The third kappa shape index (κ3) is 39.9. The number of allylic oxidation sites excluding steroid dienone is 8. The van der Waals surface area contributed by atoms with Gasteiger partial charge in [-0.2, -0.15) is 0 Å². The molecule has 0 fully saturated rings. The molecule has 3 atom stereocenters. The van der Waals surface area contributed by atoms with Crippen LogP contribution in [0.2, 0.25) is 0 Å². The minimum Gasteiger partial charge on any atom is -0.462 e. The fraction of sp³-hybridized carbons (Fsp3) is 0.773. The lowest BCUT2D eigenvalue weighted by Crippen LogP contribution is -2.29. The molecule has 0 saturated heterocycles. The third-order valence-electron chi connectivity index (χ3n) is 8.96. The SMILES string of the molecule is CCCCC/C=C/C/C=C/C/C=C/CCCCCCC(=O)O[C@H](COC(=O)CCCCCCCCC/C=C/CCCCCC)COP(=O)(O)OC[C@@H](O)CO. The number of hydrogen-bond donors (Lipinski definition) is 3. The summed E-state index contributed by atoms with van der Waals surface area (Å²) in [5.41, 5.74) is 0. The average Bonchev–Trinajstić information content (AvgIpc) is 3.17. The van der Waals surface area contributed by atoms with E-state index >= 15 is 0 Å². The number of esters is 2. The van der Waals surface area contributed by atoms with Crippen molar-refractivity contribution in [1.29, 1.82) is 0 Å². The molecule has 0 heterocycles. The molecule has 3 N–H and O–H groups in total. The Kier molecular flexibility index (Phi) is 38.6. The van der Waals surface area contributed by atoms with Crippen molar-refractivity contribution in [2.45, 2.75) is 193 Å². The predicted octanol–water partition coefficient (Wildman–Crippen LogP) is 11.3. The van der Waals surface area contributed by atoms with Gasteiger partial charge in [0, 0.05) is 12.8 Å². The Bertz CT molecular complexity index is 1060. The standard InChI is InChI=1S/C44H79O10P/c1-3-5-7-9-11-13-15-17-19-20-22-24-26-28-30-32-34-36-44(48)54-42(40-53-55(49,50)52-38-41(46)37-45)39-51-43(47)35-33-31-29-27-25-23-21-18-16-14-12-10-8-6-4-2/h11,13-14,16-17,19,22,24,41-42,45-46H,3-10,12,15,18,20-21,23,25-40H2,1-2H3,(H,49,50)/b13-11+,16-14+,19-17+,24-22+/t41-,42+/m0/s1. The van der Waals surface area contributed by atoms with Crippen molar-refractivity contribution in [3.05, 3.63) is 48.6 Å². The highest BCUT2D eigenvalue weighted by molar-refractivity contribution is 7.47. The molecule has 0 aliphatic heterocycles. The molecule has 0 amide bonds. The lowest BCUT2D eigenvalue weighted by Gasteiger charge is -2.20. The van der Waals surface area contributed by atoms with E-state index in [-0.39, 0.29) is 19.4 Å². The van der Waals surface area contributed by atoms with E-state index in [2.05, 4.69) is 67.0 Å². The summed E-state index contributed by atoms with van der Waals surface area (Å²) in [6.07, 6.45) is 42.1. The number of carbonyl (C=O) groups is 2. The Hall–Kier alpha value is -2.07. The summed E-state index contributed by atoms with van der Waals surface area (Å²) in [6.45, 7) is 2.30. The monoisotopic (exact) mass is 799 g/mol. The van der Waals surface area contributed by atoms with Gasteiger partial charge in [-0.15, -0.1) is 0 Å². The van der Waals surface area contributed by atoms with E-state index in [4.69, 9.17) is 19.1 Å². The van der Waals surface area contributed by atoms with Crippen LogP contribution in [-0.2, 0) is 32.7 Å². The minimum atomic E-state index is -4.62. The molecule has 0 saturated carbocycles. The van der Waals surface area contributed by atoms with Crippen molar-refractivity contribution >= 4 is 19.8 Å². The number of rotatable bonds is 40. The van der Waals surface area contributed by atoms with Crippen LogP contribution in [0.25, 0.3) is 0 Å². The molecule has 0 spiro atoms. The Labute approximate surface area is 334 Å². The van der Waals surface area contributed by atoms with Crippen molar-refractivity contribution in [2.24, 2.45) is 0 Å². The van der Waals surface area contributed by atoms with E-state index in [9.17, 15) is 24.2 Å². The number of phosphoric ester groups is 1. The highest BCUT2D eigenvalue weighted by atomic mass is 31.2. The smallest absolute Gasteiger partial charge is 0.462 e. The second-order valence-electron chi connectivity index (χ2n) is 14.4. The van der Waals surface area contributed by atoms with Crippen LogP contribution in [0, 0.1) is 0 Å². The number of ether oxygens (including phenoxy) is 2. The van der Waals surface area contributed by atoms with Gasteiger partial charge in [-0.25, -0.2) is 4.57 Å². The highest BCUT2D eigenvalue weighted by Crippen LogP contribution is 2.43. The molecule has 55 heavy (non-hydrogen) atoms. The summed E-state index contributed by atoms with van der Waals surface area (Å²) >= 11 is 0. The predicted molar refractivity (Wildman–Crippen MR) is 224 cm³/mol. The number of aliphatic hydroxyl groups excluding tert-OH is 2. The Morgan fingerprint density at radius 1 is 0.545 bits per heavy atom. The van der Waals surface area contributed by atoms with Gasteiger partial charge in [0.25, 0.3) is 0 Å². The Balaban J connectivity index is 4.36. The Morgan fingerprint density at radius 2 is 0.945 bits per heavy atom. The molecular formula is C44H79O10P. The van der Waals surface area contributed by atoms with E-state index in [1.54, 1.807) is 0 Å². The summed E-state index contributed by atoms with van der Waals surface area (Å²) in [7, 11) is -4.62. The molecule has 0 aromatic carbocycles. The first kappa shape index (κ1) is 52.9. The fourth-order valence-electron chi connectivity index (χ4n) is 5.58. The largest absolute Gasteiger partial charge is 0.472 e. The van der Waals surface area contributed by atoms with E-state index < -0.39 is 51.8 Å². The summed E-state index contributed by atoms with van der Waals surface area (Å²) in [6, 6.07) is 0. The zero-order valence-electron chi connectivity index (χ0n) is 34.6. The first-order valence-electron chi connectivity index (χ1n) is 21.6. The zero-order valence-corrected chi connectivity index (χ0v) is 35.5. The van der Waals surface area contributed by atoms with Gasteiger partial charge < -0.3 is 24.6 Å². The lowest BCUT2D eigenvalue weighted by molar-refractivity contribution is -0.161. The number of carbonyl (C=O) groups excluding carboxylic acids is 2. The maximum Gasteiger partial charge on any atom is 0.472 e. The van der Waals surface area contributed by atoms with Crippen LogP contribution >= 0.6 is 7.82 Å². The van der Waals surface area contributed by atoms with Crippen LogP contribution in [0.4, 0.5) is 0 Å². The van der Waals surface area contributed by atoms with Crippen molar-refractivity contribution in [3.63, 3.8) is 0 Å². The summed E-state index contributed by atoms with van der Waals surface area (Å²) in [5.74, 6) is -0.956. The van der Waals surface area contributed by atoms with Gasteiger partial charge in [0.05, 0.1) is 19.8 Å². The molecule has 11 heteroatoms. The molecule has 0 aliphatic rings. The van der Waals surface area contributed by atoms with Crippen LogP contribution in [0.15, 0.2) is 48.6 Å². The van der Waals surface area contributed by atoms with Crippen molar-refractivity contribution in [2.75, 3.05) is 26.4 Å². The molecule has 10 nitrogen and oxygen atoms in total. The molecule has 0 radical (unpaired) electrons. The van der Waals surface area contributed by atoms with Gasteiger partial charge in [0.15, 0.2) is 6.10 Å². The first-order valence-corrected chi connectivity index (χ1v) is 23.1. The molecule has 1 unspecified atom stereocenters. The summed E-state index contributed by atoms with van der Waals surface area (Å²) in [4.78, 5) is 35.0. The normalized spacial score (nSPS) is 14.3. The van der Waals surface area contributed by atoms with E-state index in [1.165, 1.54) is 77.0 Å². The number of hydrogen-bond acceptors (Lipinski definition) is 9. The van der Waals surface area contributed by atoms with Gasteiger partial charge in [-0.05, 0) is 77.0 Å². The van der Waals surface area contributed by atoms with Crippen molar-refractivity contribution in [3.8, 4) is 0 Å². The van der Waals surface area contributed by atoms with Crippen molar-refractivity contribution in [1.82, 2.24) is 0 Å². The molecule has 0 aromatic rings. The number of aliphatic hydroxyl groups is 2. The molecule has 0 aliphatic carbocycles. The quantitative estimate of drug-likeness (QED) is 0.0237. The highest BCUT2D eigenvalue weighted by Gasteiger charge is 2.27. The van der Waals surface area contributed by atoms with Gasteiger partial charge in [0.2, 0.25) is 0 Å². The van der Waals surface area contributed by atoms with Crippen LogP contribution < -0.4 is 0 Å². The molecule has 320 valence electrons. The average molecular weight is 799 g/mol. The topological polar surface area (TPSA) is 149 Å². The minimum absolute atomic E-state index is 0.157. The molecular weight excluding hydrogens is 719 g/mol. The van der Waals surface area contributed by atoms with Crippen LogP contribution in [-0.4, -0.2) is 65.7 Å². The lowest BCUT2D eigenvalue weighted by atomic mass is 10.1. The van der Waals surface area contributed by atoms with Gasteiger partial charge in [-0.1, -0.05) is 140 Å². The molecule has 0 rings (SSSR count). The Morgan fingerprint density at radius 3 is 1.47 bits per heavy atom. The fourth-order valence-corrected chi connectivity index (χ4v) is 6.37. The summed E-state index contributed by atoms with van der Waals surface area (Å²) in [5, 5.41) is 18.3. The summed E-state index contributed by atoms with van der Waals surface area (Å²) < 4.78 is 32.7. The third-order valence-corrected chi connectivity index (χ3v) is 9.91. The second-order valence-corrected chi connectivity index (χ2v) is 15.8. The molecule has 0 aromatic heterocycles. The van der Waals surface area contributed by atoms with Crippen molar-refractivity contribution < 1.29 is 47.8 Å². The zero-order chi connectivity index (χ0) is 40.5. The van der Waals surface area contributed by atoms with E-state index in [0.717, 1.165) is 64.2 Å². The van der Waals surface area contributed by atoms with Crippen LogP contribution in [0.5, 0.6) is 0 Å². The number of phosphoric acid groups is 1. The first-order chi connectivity index (χ1) is 26.7. The van der Waals surface area contributed by atoms with Crippen LogP contribution in [0.3, 0.4) is 0 Å². The van der Waals surface area contributed by atoms with Crippen LogP contribution in [0.1, 0.15) is 181 Å². The van der Waals surface area contributed by atoms with E-state index in [0.29, 0.717) is 12.8 Å². The number of unbranched alkanes of at least 4 members (excludes halogenated alkanes) is 18. The van der Waals surface area contributed by atoms with Gasteiger partial charge in [0.1, 0.15) is 12.7 Å². The second kappa shape index (κ2) is 40.1. The van der Waals surface area contributed by atoms with Gasteiger partial charge in [-0.3, -0.25) is 18.6 Å². The maximum absolute atomic E-state index is 12.6.